The van der Waals surface area contributed by atoms with Gasteiger partial charge in [-0.15, -0.1) is 0 Å². The largest absolute Gasteiger partial charge is 0.508 e. The second kappa shape index (κ2) is 9.03. The Morgan fingerprint density at radius 3 is 2.58 bits per heavy atom. The fraction of sp³-hybridized carbons (Fsp3) is 0.421. The van der Waals surface area contributed by atoms with Crippen LogP contribution in [0.1, 0.15) is 18.9 Å². The minimum absolute atomic E-state index is 0.117. The van der Waals surface area contributed by atoms with Crippen LogP contribution in [-0.2, 0) is 35.0 Å². The van der Waals surface area contributed by atoms with E-state index < -0.39 is 29.9 Å². The first-order valence-electron chi connectivity index (χ1n) is 8.29. The van der Waals surface area contributed by atoms with Crippen molar-refractivity contribution in [2.75, 3.05) is 13.7 Å². The predicted octanol–water partition coefficient (Wildman–Crippen LogP) is 1.77. The lowest BCUT2D eigenvalue weighted by atomic mass is 9.80. The van der Waals surface area contributed by atoms with Crippen molar-refractivity contribution >= 4 is 18.2 Å². The summed E-state index contributed by atoms with van der Waals surface area (Å²) < 4.78 is 15.2. The molecule has 1 aliphatic rings. The van der Waals surface area contributed by atoms with Gasteiger partial charge in [0.2, 0.25) is 0 Å². The van der Waals surface area contributed by atoms with Crippen molar-refractivity contribution in [1.29, 1.82) is 0 Å². The minimum Gasteiger partial charge on any atom is -0.508 e. The van der Waals surface area contributed by atoms with Crippen LogP contribution in [-0.4, -0.2) is 43.2 Å². The van der Waals surface area contributed by atoms with Crippen LogP contribution in [0.25, 0.3) is 0 Å². The molecule has 26 heavy (non-hydrogen) atoms. The first-order valence-corrected chi connectivity index (χ1v) is 8.29. The topological polar surface area (TPSA) is 99.1 Å². The molecule has 3 atom stereocenters. The maximum Gasteiger partial charge on any atom is 0.337 e. The number of phenolic OH excluding ortho intramolecular Hbond substituents is 1. The van der Waals surface area contributed by atoms with E-state index in [4.69, 9.17) is 14.2 Å². The Bertz CT molecular complexity index is 678. The molecule has 0 fully saturated rings. The zero-order valence-corrected chi connectivity index (χ0v) is 14.7. The molecule has 0 spiro atoms. The number of phenols is 1. The highest BCUT2D eigenvalue weighted by atomic mass is 16.5. The van der Waals surface area contributed by atoms with Crippen LogP contribution in [0.5, 0.6) is 5.75 Å². The smallest absolute Gasteiger partial charge is 0.337 e. The Balaban J connectivity index is 1.96. The zero-order chi connectivity index (χ0) is 19.1. The van der Waals surface area contributed by atoms with E-state index in [-0.39, 0.29) is 24.4 Å². The maximum atomic E-state index is 12.2. The van der Waals surface area contributed by atoms with Gasteiger partial charge in [-0.05, 0) is 24.6 Å². The molecule has 0 aromatic heterocycles. The number of hydrogen-bond acceptors (Lipinski definition) is 7. The lowest BCUT2D eigenvalue weighted by Crippen LogP contribution is -2.37. The molecule has 1 heterocycles. The van der Waals surface area contributed by atoms with Gasteiger partial charge in [-0.2, -0.15) is 0 Å². The number of esters is 2. The summed E-state index contributed by atoms with van der Waals surface area (Å²) in [5, 5.41) is 9.25. The van der Waals surface area contributed by atoms with Gasteiger partial charge in [0.05, 0.1) is 37.9 Å². The van der Waals surface area contributed by atoms with Crippen LogP contribution < -0.4 is 0 Å². The molecule has 7 nitrogen and oxygen atoms in total. The molecule has 140 valence electrons. The van der Waals surface area contributed by atoms with Gasteiger partial charge in [-0.1, -0.05) is 12.1 Å². The summed E-state index contributed by atoms with van der Waals surface area (Å²) in [4.78, 5) is 35.5. The molecule has 1 aliphatic heterocycles. The lowest BCUT2D eigenvalue weighted by molar-refractivity contribution is -0.146. The van der Waals surface area contributed by atoms with Gasteiger partial charge in [-0.3, -0.25) is 4.79 Å². The average Bonchev–Trinajstić information content (AvgIpc) is 2.63. The van der Waals surface area contributed by atoms with Gasteiger partial charge in [0, 0.05) is 12.3 Å². The highest BCUT2D eigenvalue weighted by Gasteiger charge is 2.39. The Hall–Kier alpha value is -2.83. The normalized spacial score (nSPS) is 21.9. The SMILES string of the molecule is COC(=O)C1=CO[C@@H](C)[C@H](C=O)[C@@H]1CC(=O)OCCc1ccc(O)cc1. The number of carbonyl (C=O) groups is 3. The van der Waals surface area contributed by atoms with Crippen molar-refractivity contribution in [3.8, 4) is 5.75 Å². The monoisotopic (exact) mass is 362 g/mol. The van der Waals surface area contributed by atoms with E-state index >= 15 is 0 Å². The van der Waals surface area contributed by atoms with E-state index in [1.807, 2.05) is 0 Å². The standard InChI is InChI=1S/C19H22O7/c1-12-16(10-20)15(17(11-26-12)19(23)24-2)9-18(22)25-8-7-13-3-5-14(21)6-4-13/h3-6,10-12,15-16,21H,7-9H2,1-2H3/t12-,15-,16-/m0/s1. The van der Waals surface area contributed by atoms with Crippen LogP contribution in [0.4, 0.5) is 0 Å². The molecule has 7 heteroatoms. The van der Waals surface area contributed by atoms with E-state index in [0.717, 1.165) is 5.56 Å². The van der Waals surface area contributed by atoms with Crippen LogP contribution in [0.15, 0.2) is 36.1 Å². The number of aromatic hydroxyl groups is 1. The van der Waals surface area contributed by atoms with E-state index in [1.54, 1.807) is 31.2 Å². The Morgan fingerprint density at radius 1 is 1.27 bits per heavy atom. The molecule has 1 aromatic carbocycles. The van der Waals surface area contributed by atoms with Gasteiger partial charge >= 0.3 is 11.9 Å². The van der Waals surface area contributed by atoms with Crippen LogP contribution in [0.3, 0.4) is 0 Å². The average molecular weight is 362 g/mol. The molecule has 0 saturated carbocycles. The van der Waals surface area contributed by atoms with Crippen molar-refractivity contribution < 1.29 is 33.7 Å². The summed E-state index contributed by atoms with van der Waals surface area (Å²) >= 11 is 0. The van der Waals surface area contributed by atoms with Crippen LogP contribution in [0.2, 0.25) is 0 Å². The number of methoxy groups -OCH3 is 1. The van der Waals surface area contributed by atoms with Crippen molar-refractivity contribution in [2.45, 2.75) is 25.9 Å². The molecule has 0 saturated heterocycles. The molecule has 0 amide bonds. The molecule has 0 aliphatic carbocycles. The molecule has 0 unspecified atom stereocenters. The predicted molar refractivity (Wildman–Crippen MR) is 91.1 cm³/mol. The fourth-order valence-corrected chi connectivity index (χ4v) is 2.85. The number of benzene rings is 1. The number of carbonyl (C=O) groups excluding carboxylic acids is 3. The molecular formula is C19H22O7. The molecule has 1 N–H and O–H groups in total. The Morgan fingerprint density at radius 2 is 1.96 bits per heavy atom. The lowest BCUT2D eigenvalue weighted by Gasteiger charge is -2.32. The van der Waals surface area contributed by atoms with Crippen molar-refractivity contribution in [1.82, 2.24) is 0 Å². The van der Waals surface area contributed by atoms with Gasteiger partial charge in [0.1, 0.15) is 18.1 Å². The van der Waals surface area contributed by atoms with E-state index in [0.29, 0.717) is 12.7 Å². The highest BCUT2D eigenvalue weighted by Crippen LogP contribution is 2.33. The zero-order valence-electron chi connectivity index (χ0n) is 14.7. The molecule has 2 rings (SSSR count). The highest BCUT2D eigenvalue weighted by molar-refractivity contribution is 5.90. The molecule has 0 bridgehead atoms. The first-order chi connectivity index (χ1) is 12.5. The van der Waals surface area contributed by atoms with Crippen molar-refractivity contribution in [3.05, 3.63) is 41.7 Å². The third-order valence-corrected chi connectivity index (χ3v) is 4.37. The van der Waals surface area contributed by atoms with E-state index in [1.165, 1.54) is 13.4 Å². The third kappa shape index (κ3) is 4.84. The summed E-state index contributed by atoms with van der Waals surface area (Å²) in [5.41, 5.74) is 1.06. The Kier molecular flexibility index (Phi) is 6.77. The molecular weight excluding hydrogens is 340 g/mol. The fourth-order valence-electron chi connectivity index (χ4n) is 2.85. The van der Waals surface area contributed by atoms with Gasteiger partial charge < -0.3 is 24.1 Å². The van der Waals surface area contributed by atoms with E-state index in [9.17, 15) is 19.5 Å². The summed E-state index contributed by atoms with van der Waals surface area (Å²) in [5.74, 6) is -2.26. The number of ether oxygens (including phenoxy) is 3. The third-order valence-electron chi connectivity index (χ3n) is 4.37. The number of aldehydes is 1. The second-order valence-corrected chi connectivity index (χ2v) is 6.07. The summed E-state index contributed by atoms with van der Waals surface area (Å²) in [6, 6.07) is 6.60. The second-order valence-electron chi connectivity index (χ2n) is 6.07. The number of hydrogen-bond donors (Lipinski definition) is 1. The molecule has 1 aromatic rings. The van der Waals surface area contributed by atoms with Gasteiger partial charge in [0.25, 0.3) is 0 Å². The summed E-state index contributed by atoms with van der Waals surface area (Å²) in [6.45, 7) is 1.86. The minimum atomic E-state index is -0.648. The summed E-state index contributed by atoms with van der Waals surface area (Å²) in [6.07, 6.45) is 1.87. The summed E-state index contributed by atoms with van der Waals surface area (Å²) in [7, 11) is 1.23. The van der Waals surface area contributed by atoms with Crippen molar-refractivity contribution in [2.24, 2.45) is 11.8 Å². The van der Waals surface area contributed by atoms with Crippen molar-refractivity contribution in [3.63, 3.8) is 0 Å². The quantitative estimate of drug-likeness (QED) is 0.583. The Labute approximate surface area is 151 Å². The van der Waals surface area contributed by atoms with Crippen LogP contribution >= 0.6 is 0 Å². The van der Waals surface area contributed by atoms with E-state index in [2.05, 4.69) is 0 Å². The first kappa shape index (κ1) is 19.5. The number of rotatable bonds is 7. The van der Waals surface area contributed by atoms with Gasteiger partial charge in [-0.25, -0.2) is 4.79 Å². The maximum absolute atomic E-state index is 12.2. The van der Waals surface area contributed by atoms with Crippen LogP contribution in [0, 0.1) is 11.8 Å². The molecule has 0 radical (unpaired) electrons. The van der Waals surface area contributed by atoms with Gasteiger partial charge in [0.15, 0.2) is 0 Å².